The molecular formula is C74H136N2O21. The number of rotatable bonds is 59. The molecule has 97 heavy (non-hydrogen) atoms. The van der Waals surface area contributed by atoms with Crippen molar-refractivity contribution in [2.75, 3.05) is 26.4 Å². The van der Waals surface area contributed by atoms with E-state index in [9.17, 15) is 75.7 Å². The van der Waals surface area contributed by atoms with Crippen LogP contribution in [0.3, 0.4) is 0 Å². The zero-order valence-corrected chi connectivity index (χ0v) is 59.7. The van der Waals surface area contributed by atoms with Crippen molar-refractivity contribution in [1.82, 2.24) is 10.6 Å². The largest absolute Gasteiger partial charge is 0.477 e. The highest BCUT2D eigenvalue weighted by atomic mass is 16.8. The number of carboxylic acid groups (broad SMARTS) is 1. The summed E-state index contributed by atoms with van der Waals surface area (Å²) in [7, 11) is 0. The lowest BCUT2D eigenvalue weighted by Crippen LogP contribution is -2.70. The van der Waals surface area contributed by atoms with E-state index in [1.165, 1.54) is 173 Å². The Morgan fingerprint density at radius 2 is 0.990 bits per heavy atom. The summed E-state index contributed by atoms with van der Waals surface area (Å²) in [6, 6.07) is -2.53. The molecule has 3 aliphatic heterocycles. The van der Waals surface area contributed by atoms with E-state index in [4.69, 9.17) is 28.4 Å². The summed E-state index contributed by atoms with van der Waals surface area (Å²) in [6.07, 6.45) is 27.4. The molecule has 3 aliphatic rings. The molecule has 23 heteroatoms. The van der Waals surface area contributed by atoms with Gasteiger partial charge in [0.25, 0.3) is 5.79 Å². The molecule has 0 bridgehead atoms. The van der Waals surface area contributed by atoms with Gasteiger partial charge in [-0.3, -0.25) is 9.59 Å². The van der Waals surface area contributed by atoms with Crippen LogP contribution in [0.2, 0.25) is 0 Å². The molecule has 0 aromatic heterocycles. The molecule has 23 nitrogen and oxygen atoms in total. The second-order valence-corrected chi connectivity index (χ2v) is 27.9. The fourth-order valence-corrected chi connectivity index (χ4v) is 13.3. The van der Waals surface area contributed by atoms with E-state index >= 15 is 0 Å². The van der Waals surface area contributed by atoms with Gasteiger partial charge in [-0.2, -0.15) is 0 Å². The van der Waals surface area contributed by atoms with Gasteiger partial charge in [-0.1, -0.05) is 250 Å². The molecule has 568 valence electrons. The highest BCUT2D eigenvalue weighted by molar-refractivity contribution is 5.77. The first kappa shape index (κ1) is 88.4. The normalized spacial score (nSPS) is 27.5. The summed E-state index contributed by atoms with van der Waals surface area (Å²) in [5.41, 5.74) is 0. The Hall–Kier alpha value is -2.79. The molecule has 18 unspecified atom stereocenters. The molecule has 18 atom stereocenters. The molecule has 3 rings (SSSR count). The molecule has 3 heterocycles. The van der Waals surface area contributed by atoms with Crippen molar-refractivity contribution >= 4 is 17.8 Å². The number of unbranched alkanes of at least 4 members (excludes halogenated alkanes) is 35. The maximum atomic E-state index is 13.5. The minimum atomic E-state index is -3.08. The Morgan fingerprint density at radius 1 is 0.536 bits per heavy atom. The third kappa shape index (κ3) is 35.3. The van der Waals surface area contributed by atoms with Crippen molar-refractivity contribution in [3.05, 3.63) is 24.3 Å². The average molecular weight is 1390 g/mol. The number of hydrogen-bond acceptors (Lipinski definition) is 20. The molecule has 0 aromatic carbocycles. The van der Waals surface area contributed by atoms with Crippen LogP contribution in [-0.2, 0) is 42.8 Å². The van der Waals surface area contributed by atoms with Gasteiger partial charge in [0.05, 0.1) is 50.7 Å². The standard InChI is InChI=1S/C74H136N2O21/c1-4-6-8-10-12-14-16-18-20-22-23-24-25-26-27-28-29-30-31-32-34-36-38-40-42-44-46-48-61(84)76-55(56(81)47-45-43-41-39-37-35-33-21-19-17-15-13-11-9-7-5-2)53-92-71-66(88)65(87)68(60(52-79)94-71)95-72-67(89)70(64(86)59(51-78)93-72)97-74(73(90)91)49-57(82)62(75-54(3)80)69(96-74)63(85)58(83)50-77/h23-24,26-27,55-60,62-72,77-79,81-83,85-89H,4-22,25,28-53H2,1-3H3,(H,75,80)(H,76,84)(H,90,91)/b24-23-,27-26-. The fourth-order valence-electron chi connectivity index (χ4n) is 13.3. The summed E-state index contributed by atoms with van der Waals surface area (Å²) in [5.74, 6) is -6.10. The summed E-state index contributed by atoms with van der Waals surface area (Å²) >= 11 is 0. The van der Waals surface area contributed by atoms with Crippen LogP contribution in [0, 0.1) is 0 Å². The quantitative estimate of drug-likeness (QED) is 0.0200. The number of carboxylic acids is 1. The summed E-state index contributed by atoms with van der Waals surface area (Å²) < 4.78 is 34.9. The third-order valence-electron chi connectivity index (χ3n) is 19.4. The Balaban J connectivity index is 1.52. The third-order valence-corrected chi connectivity index (χ3v) is 19.4. The lowest BCUT2D eigenvalue weighted by molar-refractivity contribution is -0.386. The van der Waals surface area contributed by atoms with Gasteiger partial charge in [0.1, 0.15) is 67.1 Å². The average Bonchev–Trinajstić information content (AvgIpc) is 0.760. The molecule has 0 saturated carbocycles. The SMILES string of the molecule is CCCCCCCCCCC/C=C\C/C=C\CCCCCCCCCCCCCC(=O)NC(COC1OC(CO)C(OC2OC(CO)C(O)C(OC3(C(=O)O)CC(O)C(NC(C)=O)C(C(O)C(O)CO)O3)C2O)C(O)C1O)C(O)CCCCCCCCCCCCCCCCCC. The first-order valence-electron chi connectivity index (χ1n) is 38.2. The molecule has 3 fully saturated rings. The molecule has 0 radical (unpaired) electrons. The number of hydrogen-bond donors (Lipinski definition) is 14. The van der Waals surface area contributed by atoms with E-state index in [1.807, 2.05) is 0 Å². The number of ether oxygens (including phenoxy) is 6. The molecule has 0 spiro atoms. The zero-order chi connectivity index (χ0) is 71.1. The monoisotopic (exact) mass is 1390 g/mol. The van der Waals surface area contributed by atoms with Crippen molar-refractivity contribution in [1.29, 1.82) is 0 Å². The number of aliphatic carboxylic acids is 1. The Labute approximate surface area is 581 Å². The number of carbonyl (C=O) groups is 3. The maximum Gasteiger partial charge on any atom is 0.364 e. The predicted octanol–water partition coefficient (Wildman–Crippen LogP) is 8.79. The summed E-state index contributed by atoms with van der Waals surface area (Å²) in [4.78, 5) is 38.6. The number of aliphatic hydroxyl groups is 11. The molecule has 0 aromatic rings. The van der Waals surface area contributed by atoms with Crippen LogP contribution in [-0.4, -0.2) is 215 Å². The molecule has 14 N–H and O–H groups in total. The van der Waals surface area contributed by atoms with Gasteiger partial charge in [-0.25, -0.2) is 4.79 Å². The zero-order valence-electron chi connectivity index (χ0n) is 59.7. The van der Waals surface area contributed by atoms with E-state index in [-0.39, 0.29) is 18.9 Å². The second-order valence-electron chi connectivity index (χ2n) is 27.9. The number of nitrogens with one attached hydrogen (secondary N) is 2. The lowest BCUT2D eigenvalue weighted by Gasteiger charge is -2.50. The van der Waals surface area contributed by atoms with Crippen molar-refractivity contribution < 1.29 is 104 Å². The Kier molecular flexibility index (Phi) is 49.2. The van der Waals surface area contributed by atoms with Gasteiger partial charge in [0.2, 0.25) is 11.8 Å². The number of aliphatic hydroxyl groups excluding tert-OH is 11. The van der Waals surface area contributed by atoms with Crippen molar-refractivity contribution in [3.63, 3.8) is 0 Å². The van der Waals surface area contributed by atoms with Crippen LogP contribution in [0.5, 0.6) is 0 Å². The summed E-state index contributed by atoms with van der Waals surface area (Å²) in [6.45, 7) is 2.23. The van der Waals surface area contributed by atoms with Crippen LogP contribution < -0.4 is 10.6 Å². The van der Waals surface area contributed by atoms with E-state index in [0.29, 0.717) is 19.3 Å². The topological polar surface area (TPSA) is 373 Å². The highest BCUT2D eigenvalue weighted by Gasteiger charge is 2.60. The van der Waals surface area contributed by atoms with Crippen molar-refractivity contribution in [3.8, 4) is 0 Å². The van der Waals surface area contributed by atoms with Crippen LogP contribution in [0.4, 0.5) is 0 Å². The van der Waals surface area contributed by atoms with Gasteiger partial charge in [0, 0.05) is 19.8 Å². The van der Waals surface area contributed by atoms with Crippen LogP contribution in [0.15, 0.2) is 24.3 Å². The van der Waals surface area contributed by atoms with E-state index in [0.717, 1.165) is 71.1 Å². The van der Waals surface area contributed by atoms with E-state index in [2.05, 4.69) is 48.8 Å². The van der Waals surface area contributed by atoms with E-state index < -0.39 is 148 Å². The van der Waals surface area contributed by atoms with Gasteiger partial charge in [-0.15, -0.1) is 0 Å². The Morgan fingerprint density at radius 3 is 1.44 bits per heavy atom. The van der Waals surface area contributed by atoms with Crippen LogP contribution in [0.25, 0.3) is 0 Å². The van der Waals surface area contributed by atoms with Crippen molar-refractivity contribution in [2.24, 2.45) is 0 Å². The minimum absolute atomic E-state index is 0.222. The van der Waals surface area contributed by atoms with Gasteiger partial charge in [-0.05, 0) is 44.9 Å². The molecule has 2 amide bonds. The lowest BCUT2D eigenvalue weighted by atomic mass is 9.88. The van der Waals surface area contributed by atoms with Gasteiger partial charge in [0.15, 0.2) is 12.6 Å². The maximum absolute atomic E-state index is 13.5. The van der Waals surface area contributed by atoms with Crippen LogP contribution in [0.1, 0.15) is 290 Å². The highest BCUT2D eigenvalue weighted by Crippen LogP contribution is 2.39. The first-order chi connectivity index (χ1) is 46.9. The van der Waals surface area contributed by atoms with Crippen molar-refractivity contribution in [2.45, 2.75) is 400 Å². The number of allylic oxidation sites excluding steroid dienone is 4. The molecule has 0 aliphatic carbocycles. The smallest absolute Gasteiger partial charge is 0.364 e. The Bertz CT molecular complexity index is 2040. The van der Waals surface area contributed by atoms with Gasteiger partial charge < -0.3 is 100 Å². The van der Waals surface area contributed by atoms with E-state index in [1.54, 1.807) is 0 Å². The molecular weight excluding hydrogens is 1250 g/mol. The number of carbonyl (C=O) groups excluding carboxylic acids is 2. The minimum Gasteiger partial charge on any atom is -0.477 e. The number of amides is 2. The van der Waals surface area contributed by atoms with Crippen LogP contribution >= 0.6 is 0 Å². The summed E-state index contributed by atoms with van der Waals surface area (Å²) in [5, 5.41) is 136. The fraction of sp³-hybridized carbons (Fsp3) is 0.905. The first-order valence-corrected chi connectivity index (χ1v) is 38.2. The molecule has 3 saturated heterocycles. The predicted molar refractivity (Wildman–Crippen MR) is 371 cm³/mol. The van der Waals surface area contributed by atoms with Gasteiger partial charge >= 0.3 is 5.97 Å². The second kappa shape index (κ2) is 53.9.